The second-order valence-corrected chi connectivity index (χ2v) is 8.32. The molecule has 150 valence electrons. The van der Waals surface area contributed by atoms with Crippen molar-refractivity contribution in [1.29, 1.82) is 0 Å². The van der Waals surface area contributed by atoms with E-state index in [4.69, 9.17) is 4.98 Å². The largest absolute Gasteiger partial charge is 0.508 e. The highest BCUT2D eigenvalue weighted by Crippen LogP contribution is 2.30. The number of amides is 1. The highest BCUT2D eigenvalue weighted by molar-refractivity contribution is 9.10. The zero-order valence-corrected chi connectivity index (χ0v) is 18.2. The molecule has 0 bridgehead atoms. The van der Waals surface area contributed by atoms with Gasteiger partial charge >= 0.3 is 0 Å². The standard InChI is InChI=1S/C22H17BrN4O2S/c23-16-7-4-14(5-8-16)12-20(29)27-22-21(19-10-11-25-30-19)26-18(13-24-22)15-2-1-3-17(28)9-6-15/h1,3-11,13,28H,2,12H2,(H,24,27,29). The van der Waals surface area contributed by atoms with E-state index in [0.717, 1.165) is 20.5 Å². The molecule has 0 fully saturated rings. The number of rotatable bonds is 5. The molecule has 30 heavy (non-hydrogen) atoms. The fourth-order valence-electron chi connectivity index (χ4n) is 2.92. The quantitative estimate of drug-likeness (QED) is 0.515. The van der Waals surface area contributed by atoms with Gasteiger partial charge in [0.15, 0.2) is 5.82 Å². The van der Waals surface area contributed by atoms with Crippen LogP contribution in [0.5, 0.6) is 0 Å². The van der Waals surface area contributed by atoms with Crippen molar-refractivity contribution < 1.29 is 9.90 Å². The maximum absolute atomic E-state index is 12.6. The van der Waals surface area contributed by atoms with Gasteiger partial charge in [0, 0.05) is 10.7 Å². The predicted molar refractivity (Wildman–Crippen MR) is 122 cm³/mol. The summed E-state index contributed by atoms with van der Waals surface area (Å²) in [5, 5.41) is 12.6. The van der Waals surface area contributed by atoms with Gasteiger partial charge in [-0.15, -0.1) is 0 Å². The number of nitrogens with one attached hydrogen (secondary N) is 1. The number of aliphatic hydroxyl groups excluding tert-OH is 1. The van der Waals surface area contributed by atoms with Crippen LogP contribution >= 0.6 is 27.5 Å². The van der Waals surface area contributed by atoms with E-state index in [9.17, 15) is 9.90 Å². The minimum Gasteiger partial charge on any atom is -0.508 e. The highest BCUT2D eigenvalue weighted by atomic mass is 79.9. The maximum atomic E-state index is 12.6. The van der Waals surface area contributed by atoms with Crippen molar-refractivity contribution in [3.63, 3.8) is 0 Å². The van der Waals surface area contributed by atoms with E-state index in [-0.39, 0.29) is 18.1 Å². The summed E-state index contributed by atoms with van der Waals surface area (Å²) >= 11 is 4.68. The van der Waals surface area contributed by atoms with Crippen LogP contribution in [0.4, 0.5) is 5.82 Å². The lowest BCUT2D eigenvalue weighted by molar-refractivity contribution is -0.115. The molecular formula is C22H17BrN4O2S. The molecule has 0 radical (unpaired) electrons. The molecule has 1 amide bonds. The van der Waals surface area contributed by atoms with Gasteiger partial charge in [0.2, 0.25) is 5.91 Å². The van der Waals surface area contributed by atoms with Crippen LogP contribution in [0, 0.1) is 0 Å². The Morgan fingerprint density at radius 2 is 2.03 bits per heavy atom. The molecule has 8 heteroatoms. The molecule has 0 saturated carbocycles. The Hall–Kier alpha value is -3.10. The van der Waals surface area contributed by atoms with Crippen molar-refractivity contribution in [3.8, 4) is 10.6 Å². The fraction of sp³-hybridized carbons (Fsp3) is 0.0909. The van der Waals surface area contributed by atoms with Crippen molar-refractivity contribution in [1.82, 2.24) is 14.3 Å². The van der Waals surface area contributed by atoms with Gasteiger partial charge in [-0.2, -0.15) is 0 Å². The van der Waals surface area contributed by atoms with E-state index in [1.54, 1.807) is 24.5 Å². The number of aromatic nitrogens is 3. The number of allylic oxidation sites excluding steroid dienone is 5. The van der Waals surface area contributed by atoms with E-state index < -0.39 is 0 Å². The van der Waals surface area contributed by atoms with E-state index in [0.29, 0.717) is 23.6 Å². The summed E-state index contributed by atoms with van der Waals surface area (Å²) < 4.78 is 5.11. The summed E-state index contributed by atoms with van der Waals surface area (Å²) in [5.41, 5.74) is 3.07. The number of carbonyl (C=O) groups is 1. The maximum Gasteiger partial charge on any atom is 0.230 e. The topological polar surface area (TPSA) is 88.0 Å². The van der Waals surface area contributed by atoms with Crippen molar-refractivity contribution in [2.24, 2.45) is 0 Å². The van der Waals surface area contributed by atoms with Gasteiger partial charge in [-0.1, -0.05) is 40.2 Å². The molecule has 2 aromatic heterocycles. The van der Waals surface area contributed by atoms with E-state index in [1.807, 2.05) is 42.5 Å². The van der Waals surface area contributed by atoms with Gasteiger partial charge in [-0.3, -0.25) is 4.79 Å². The Bertz CT molecular complexity index is 1150. The van der Waals surface area contributed by atoms with Gasteiger partial charge < -0.3 is 10.4 Å². The molecule has 1 aromatic carbocycles. The van der Waals surface area contributed by atoms with E-state index in [2.05, 4.69) is 30.6 Å². The molecule has 1 aliphatic carbocycles. The Morgan fingerprint density at radius 3 is 2.80 bits per heavy atom. The summed E-state index contributed by atoms with van der Waals surface area (Å²) in [6.45, 7) is 0. The first kappa shape index (κ1) is 20.2. The van der Waals surface area contributed by atoms with Gasteiger partial charge in [-0.25, -0.2) is 14.3 Å². The number of hydrogen-bond donors (Lipinski definition) is 2. The Balaban J connectivity index is 1.62. The second kappa shape index (κ2) is 9.15. The Labute approximate surface area is 186 Å². The van der Waals surface area contributed by atoms with Gasteiger partial charge in [0.1, 0.15) is 11.5 Å². The summed E-state index contributed by atoms with van der Waals surface area (Å²) in [7, 11) is 0. The van der Waals surface area contributed by atoms with Crippen LogP contribution in [0.3, 0.4) is 0 Å². The molecule has 0 spiro atoms. The second-order valence-electron chi connectivity index (χ2n) is 6.57. The van der Waals surface area contributed by atoms with E-state index in [1.165, 1.54) is 11.5 Å². The number of halogens is 1. The monoisotopic (exact) mass is 480 g/mol. The minimum atomic E-state index is -0.172. The molecule has 6 nitrogen and oxygen atoms in total. The third-order valence-corrected chi connectivity index (χ3v) is 5.67. The zero-order chi connectivity index (χ0) is 20.9. The lowest BCUT2D eigenvalue weighted by Gasteiger charge is -2.11. The fourth-order valence-corrected chi connectivity index (χ4v) is 3.77. The average molecular weight is 481 g/mol. The number of benzene rings is 1. The molecule has 2 heterocycles. The normalized spacial score (nSPS) is 13.4. The van der Waals surface area contributed by atoms with Crippen molar-refractivity contribution in [3.05, 3.63) is 88.5 Å². The van der Waals surface area contributed by atoms with Crippen LogP contribution in [0.2, 0.25) is 0 Å². The number of nitrogens with zero attached hydrogens (tertiary/aromatic N) is 3. The molecule has 1 aliphatic rings. The van der Waals surface area contributed by atoms with Crippen LogP contribution in [0.1, 0.15) is 17.7 Å². The summed E-state index contributed by atoms with van der Waals surface area (Å²) in [4.78, 5) is 22.6. The molecule has 3 aromatic rings. The van der Waals surface area contributed by atoms with Crippen LogP contribution in [-0.2, 0) is 11.2 Å². The average Bonchev–Trinajstić information content (AvgIpc) is 3.18. The van der Waals surface area contributed by atoms with Gasteiger partial charge in [0.25, 0.3) is 0 Å². The lowest BCUT2D eigenvalue weighted by Crippen LogP contribution is -2.16. The first-order chi connectivity index (χ1) is 14.6. The zero-order valence-electron chi connectivity index (χ0n) is 15.7. The van der Waals surface area contributed by atoms with Crippen LogP contribution in [0.15, 0.2) is 77.3 Å². The SMILES string of the molecule is O=C(Cc1ccc(Br)cc1)Nc1ncc(C2=CC=C(O)C=CC2)nc1-c1ccns1. The Morgan fingerprint density at radius 1 is 1.20 bits per heavy atom. The summed E-state index contributed by atoms with van der Waals surface area (Å²) in [6.07, 6.45) is 11.1. The van der Waals surface area contributed by atoms with Crippen LogP contribution in [0.25, 0.3) is 16.1 Å². The third kappa shape index (κ3) is 4.90. The molecule has 4 rings (SSSR count). The number of hydrogen-bond acceptors (Lipinski definition) is 6. The van der Waals surface area contributed by atoms with Crippen LogP contribution < -0.4 is 5.32 Å². The van der Waals surface area contributed by atoms with Gasteiger partial charge in [-0.05, 0) is 59.4 Å². The molecule has 0 unspecified atom stereocenters. The van der Waals surface area contributed by atoms with Crippen molar-refractivity contribution in [2.75, 3.05) is 5.32 Å². The van der Waals surface area contributed by atoms with Crippen LogP contribution in [-0.4, -0.2) is 25.4 Å². The third-order valence-electron chi connectivity index (χ3n) is 4.39. The molecule has 0 saturated heterocycles. The lowest BCUT2D eigenvalue weighted by atomic mass is 10.1. The summed E-state index contributed by atoms with van der Waals surface area (Å²) in [6, 6.07) is 9.45. The number of carbonyl (C=O) groups excluding carboxylic acids is 1. The predicted octanol–water partition coefficient (Wildman–Crippen LogP) is 5.33. The molecule has 2 N–H and O–H groups in total. The number of anilines is 1. The van der Waals surface area contributed by atoms with Crippen molar-refractivity contribution >= 4 is 44.8 Å². The molecule has 0 atom stereocenters. The Kier molecular flexibility index (Phi) is 6.15. The first-order valence-corrected chi connectivity index (χ1v) is 10.7. The first-order valence-electron chi connectivity index (χ1n) is 9.17. The summed E-state index contributed by atoms with van der Waals surface area (Å²) in [5.74, 6) is 0.417. The highest BCUT2D eigenvalue weighted by Gasteiger charge is 2.16. The molecule has 0 aliphatic heterocycles. The number of aliphatic hydroxyl groups is 1. The molecular weight excluding hydrogens is 464 g/mol. The minimum absolute atomic E-state index is 0.172. The van der Waals surface area contributed by atoms with Gasteiger partial charge in [0.05, 0.1) is 23.2 Å². The van der Waals surface area contributed by atoms with Crippen molar-refractivity contribution in [2.45, 2.75) is 12.8 Å². The smallest absolute Gasteiger partial charge is 0.230 e. The van der Waals surface area contributed by atoms with E-state index >= 15 is 0 Å².